The fraction of sp³-hybridized carbons (Fsp3) is 0.647. The standard InChI is InChI=1S/C17H27ClN2/c1-2-5-14-8-11-20(12-9-14)13-10-17(19)15-6-3-4-7-16(15)18/h3-4,6-7,14,17H,2,5,8-13,19H2,1H3. The Bertz CT molecular complexity index is 400. The molecule has 2 rings (SSSR count). The molecule has 1 heterocycles. The van der Waals surface area contributed by atoms with E-state index < -0.39 is 0 Å². The summed E-state index contributed by atoms with van der Waals surface area (Å²) in [4.78, 5) is 2.56. The number of likely N-dealkylation sites (tertiary alicyclic amines) is 1. The molecule has 20 heavy (non-hydrogen) atoms. The first kappa shape index (κ1) is 15.8. The Morgan fingerprint density at radius 2 is 2.00 bits per heavy atom. The summed E-state index contributed by atoms with van der Waals surface area (Å²) in [6.45, 7) is 5.85. The maximum absolute atomic E-state index is 6.28. The summed E-state index contributed by atoms with van der Waals surface area (Å²) in [5.41, 5.74) is 7.36. The van der Waals surface area contributed by atoms with Gasteiger partial charge in [0.2, 0.25) is 0 Å². The molecular weight excluding hydrogens is 268 g/mol. The monoisotopic (exact) mass is 294 g/mol. The first-order valence-electron chi connectivity index (χ1n) is 7.93. The van der Waals surface area contributed by atoms with Gasteiger partial charge in [0.1, 0.15) is 0 Å². The van der Waals surface area contributed by atoms with E-state index in [-0.39, 0.29) is 6.04 Å². The second-order valence-electron chi connectivity index (χ2n) is 5.99. The molecule has 0 saturated carbocycles. The van der Waals surface area contributed by atoms with Crippen molar-refractivity contribution in [1.29, 1.82) is 0 Å². The van der Waals surface area contributed by atoms with Crippen molar-refractivity contribution in [1.82, 2.24) is 4.90 Å². The van der Waals surface area contributed by atoms with E-state index in [4.69, 9.17) is 17.3 Å². The van der Waals surface area contributed by atoms with E-state index in [1.165, 1.54) is 38.8 Å². The van der Waals surface area contributed by atoms with Crippen LogP contribution in [0, 0.1) is 5.92 Å². The summed E-state index contributed by atoms with van der Waals surface area (Å²) in [6, 6.07) is 7.99. The first-order valence-corrected chi connectivity index (χ1v) is 8.31. The van der Waals surface area contributed by atoms with Crippen molar-refractivity contribution >= 4 is 11.6 Å². The van der Waals surface area contributed by atoms with Crippen LogP contribution in [0.25, 0.3) is 0 Å². The van der Waals surface area contributed by atoms with Gasteiger partial charge in [-0.25, -0.2) is 0 Å². The van der Waals surface area contributed by atoms with Crippen LogP contribution in [0.2, 0.25) is 5.02 Å². The van der Waals surface area contributed by atoms with Gasteiger partial charge in [0, 0.05) is 11.1 Å². The highest BCUT2D eigenvalue weighted by Crippen LogP contribution is 2.25. The van der Waals surface area contributed by atoms with Crippen LogP contribution in [-0.4, -0.2) is 24.5 Å². The molecule has 1 atom stereocenters. The molecule has 2 N–H and O–H groups in total. The van der Waals surface area contributed by atoms with Crippen LogP contribution in [0.5, 0.6) is 0 Å². The minimum atomic E-state index is 0.0528. The molecule has 1 aliphatic rings. The maximum Gasteiger partial charge on any atom is 0.0453 e. The Morgan fingerprint density at radius 3 is 2.65 bits per heavy atom. The van der Waals surface area contributed by atoms with E-state index in [0.717, 1.165) is 29.5 Å². The molecule has 3 heteroatoms. The minimum Gasteiger partial charge on any atom is -0.324 e. The van der Waals surface area contributed by atoms with Crippen LogP contribution >= 0.6 is 11.6 Å². The summed E-state index contributed by atoms with van der Waals surface area (Å²) < 4.78 is 0. The van der Waals surface area contributed by atoms with Crippen LogP contribution in [0.3, 0.4) is 0 Å². The molecule has 1 fully saturated rings. The van der Waals surface area contributed by atoms with Crippen LogP contribution in [0.1, 0.15) is 50.6 Å². The third-order valence-corrected chi connectivity index (χ3v) is 4.81. The van der Waals surface area contributed by atoms with Gasteiger partial charge in [0.15, 0.2) is 0 Å². The molecule has 0 bridgehead atoms. The van der Waals surface area contributed by atoms with Crippen LogP contribution in [0.4, 0.5) is 0 Å². The molecule has 112 valence electrons. The van der Waals surface area contributed by atoms with Crippen molar-refractivity contribution < 1.29 is 0 Å². The average molecular weight is 295 g/mol. The zero-order chi connectivity index (χ0) is 14.4. The molecule has 0 amide bonds. The van der Waals surface area contributed by atoms with E-state index in [0.29, 0.717) is 0 Å². The Kier molecular flexibility index (Phi) is 6.34. The number of hydrogen-bond donors (Lipinski definition) is 1. The molecule has 0 aliphatic carbocycles. The molecular formula is C17H27ClN2. The molecule has 1 aromatic carbocycles. The normalized spacial score (nSPS) is 19.1. The second-order valence-corrected chi connectivity index (χ2v) is 6.40. The van der Waals surface area contributed by atoms with Gasteiger partial charge in [-0.15, -0.1) is 0 Å². The van der Waals surface area contributed by atoms with Gasteiger partial charge in [-0.2, -0.15) is 0 Å². The fourth-order valence-corrected chi connectivity index (χ4v) is 3.44. The summed E-state index contributed by atoms with van der Waals surface area (Å²) in [5, 5.41) is 0.793. The van der Waals surface area contributed by atoms with Crippen molar-refractivity contribution in [2.45, 2.75) is 45.1 Å². The Balaban J connectivity index is 1.75. The lowest BCUT2D eigenvalue weighted by atomic mass is 9.92. The van der Waals surface area contributed by atoms with Crippen LogP contribution in [0.15, 0.2) is 24.3 Å². The van der Waals surface area contributed by atoms with Crippen molar-refractivity contribution in [2.75, 3.05) is 19.6 Å². The number of piperidine rings is 1. The lowest BCUT2D eigenvalue weighted by Crippen LogP contribution is -2.35. The first-order chi connectivity index (χ1) is 9.70. The van der Waals surface area contributed by atoms with E-state index in [9.17, 15) is 0 Å². The largest absolute Gasteiger partial charge is 0.324 e. The number of benzene rings is 1. The van der Waals surface area contributed by atoms with E-state index >= 15 is 0 Å². The summed E-state index contributed by atoms with van der Waals surface area (Å²) in [6.07, 6.45) is 6.42. The lowest BCUT2D eigenvalue weighted by Gasteiger charge is -2.32. The lowest BCUT2D eigenvalue weighted by molar-refractivity contribution is 0.174. The van der Waals surface area contributed by atoms with Crippen molar-refractivity contribution in [3.05, 3.63) is 34.9 Å². The third-order valence-electron chi connectivity index (χ3n) is 4.47. The van der Waals surface area contributed by atoms with Crippen LogP contribution < -0.4 is 5.73 Å². The second kappa shape index (κ2) is 8.02. The fourth-order valence-electron chi connectivity index (χ4n) is 3.16. The topological polar surface area (TPSA) is 29.3 Å². The molecule has 2 nitrogen and oxygen atoms in total. The molecule has 1 aromatic rings. The molecule has 0 spiro atoms. The van der Waals surface area contributed by atoms with Gasteiger partial charge >= 0.3 is 0 Å². The highest BCUT2D eigenvalue weighted by atomic mass is 35.5. The number of nitrogens with two attached hydrogens (primary N) is 1. The van der Waals surface area contributed by atoms with Crippen molar-refractivity contribution in [2.24, 2.45) is 11.7 Å². The molecule has 1 aliphatic heterocycles. The SMILES string of the molecule is CCCC1CCN(CCC(N)c2ccccc2Cl)CC1. The zero-order valence-electron chi connectivity index (χ0n) is 12.5. The zero-order valence-corrected chi connectivity index (χ0v) is 13.3. The quantitative estimate of drug-likeness (QED) is 0.850. The molecule has 0 aromatic heterocycles. The molecule has 0 radical (unpaired) electrons. The number of rotatable bonds is 6. The highest BCUT2D eigenvalue weighted by molar-refractivity contribution is 6.31. The predicted molar refractivity (Wildman–Crippen MR) is 87.1 cm³/mol. The highest BCUT2D eigenvalue weighted by Gasteiger charge is 2.19. The predicted octanol–water partition coefficient (Wildman–Crippen LogP) is 4.24. The van der Waals surface area contributed by atoms with Crippen molar-refractivity contribution in [3.8, 4) is 0 Å². The summed E-state index contributed by atoms with van der Waals surface area (Å²) in [5.74, 6) is 0.952. The Hall–Kier alpha value is -0.570. The number of hydrogen-bond acceptors (Lipinski definition) is 2. The average Bonchev–Trinajstić information content (AvgIpc) is 2.47. The van der Waals surface area contributed by atoms with Gasteiger partial charge in [-0.05, 0) is 56.4 Å². The van der Waals surface area contributed by atoms with E-state index in [1.54, 1.807) is 0 Å². The van der Waals surface area contributed by atoms with Gasteiger partial charge in [-0.1, -0.05) is 49.6 Å². The Morgan fingerprint density at radius 1 is 1.30 bits per heavy atom. The molecule has 1 unspecified atom stereocenters. The van der Waals surface area contributed by atoms with E-state index in [1.807, 2.05) is 24.3 Å². The van der Waals surface area contributed by atoms with Crippen LogP contribution in [-0.2, 0) is 0 Å². The minimum absolute atomic E-state index is 0.0528. The maximum atomic E-state index is 6.28. The smallest absolute Gasteiger partial charge is 0.0453 e. The summed E-state index contributed by atoms with van der Waals surface area (Å²) >= 11 is 6.20. The van der Waals surface area contributed by atoms with Gasteiger partial charge in [0.05, 0.1) is 0 Å². The van der Waals surface area contributed by atoms with Crippen molar-refractivity contribution in [3.63, 3.8) is 0 Å². The number of nitrogens with zero attached hydrogens (tertiary/aromatic N) is 1. The van der Waals surface area contributed by atoms with Gasteiger partial charge < -0.3 is 10.6 Å². The molecule has 1 saturated heterocycles. The van der Waals surface area contributed by atoms with E-state index in [2.05, 4.69) is 11.8 Å². The third kappa shape index (κ3) is 4.47. The Labute approximate surface area is 128 Å². The number of halogens is 1. The van der Waals surface area contributed by atoms with Gasteiger partial charge in [0.25, 0.3) is 0 Å². The van der Waals surface area contributed by atoms with Gasteiger partial charge in [-0.3, -0.25) is 0 Å². The summed E-state index contributed by atoms with van der Waals surface area (Å²) in [7, 11) is 0.